The molecule has 4 heteroatoms. The summed E-state index contributed by atoms with van der Waals surface area (Å²) in [7, 11) is 4.10. The van der Waals surface area contributed by atoms with Crippen LogP contribution in [-0.4, -0.2) is 24.1 Å². The van der Waals surface area contributed by atoms with E-state index in [1.54, 1.807) is 6.20 Å². The summed E-state index contributed by atoms with van der Waals surface area (Å²) in [5.41, 5.74) is 2.50. The fourth-order valence-corrected chi connectivity index (χ4v) is 1.82. The normalized spacial score (nSPS) is 12.4. The minimum absolute atomic E-state index is 0.311. The first kappa shape index (κ1) is 12.6. The minimum atomic E-state index is 0.311. The molecule has 0 radical (unpaired) electrons. The number of aromatic amines is 1. The summed E-state index contributed by atoms with van der Waals surface area (Å²) in [6.45, 7) is 2.91. The van der Waals surface area contributed by atoms with Crippen LogP contribution in [0.2, 0.25) is 0 Å². The predicted molar refractivity (Wildman–Crippen MR) is 74.6 cm³/mol. The number of nitrogens with one attached hydrogen (secondary N) is 2. The van der Waals surface area contributed by atoms with Gasteiger partial charge in [-0.2, -0.15) is 0 Å². The Morgan fingerprint density at radius 2 is 2.00 bits per heavy atom. The molecule has 0 spiro atoms. The van der Waals surface area contributed by atoms with Gasteiger partial charge < -0.3 is 15.2 Å². The van der Waals surface area contributed by atoms with Crippen molar-refractivity contribution in [3.05, 3.63) is 48.0 Å². The molecule has 0 aliphatic carbocycles. The molecule has 1 aromatic carbocycles. The molecule has 0 aliphatic rings. The largest absolute Gasteiger partial charge is 0.378 e. The number of benzene rings is 1. The number of aromatic nitrogens is 2. The molecule has 1 unspecified atom stereocenters. The maximum absolute atomic E-state index is 4.19. The van der Waals surface area contributed by atoms with E-state index in [0.717, 1.165) is 12.4 Å². The molecule has 1 aromatic heterocycles. The zero-order chi connectivity index (χ0) is 13.0. The Morgan fingerprint density at radius 3 is 2.56 bits per heavy atom. The van der Waals surface area contributed by atoms with Crippen molar-refractivity contribution < 1.29 is 0 Å². The van der Waals surface area contributed by atoms with E-state index in [0.29, 0.717) is 6.04 Å². The molecule has 0 saturated heterocycles. The second kappa shape index (κ2) is 5.69. The standard InChI is InChI=1S/C14H20N4/c1-11(17-10-14-15-8-9-16-14)12-4-6-13(7-5-12)18(2)3/h4-9,11,17H,10H2,1-3H3,(H,15,16). The van der Waals surface area contributed by atoms with Gasteiger partial charge in [-0.05, 0) is 24.6 Å². The van der Waals surface area contributed by atoms with Crippen LogP contribution in [0, 0.1) is 0 Å². The number of hydrogen-bond donors (Lipinski definition) is 2. The summed E-state index contributed by atoms with van der Waals surface area (Å²) >= 11 is 0. The van der Waals surface area contributed by atoms with Crippen molar-refractivity contribution in [3.63, 3.8) is 0 Å². The monoisotopic (exact) mass is 244 g/mol. The third-order valence-electron chi connectivity index (χ3n) is 3.04. The molecule has 1 atom stereocenters. The molecule has 2 aromatic rings. The van der Waals surface area contributed by atoms with Crippen molar-refractivity contribution in [2.45, 2.75) is 19.5 Å². The average Bonchev–Trinajstić information content (AvgIpc) is 2.89. The zero-order valence-electron chi connectivity index (χ0n) is 11.1. The van der Waals surface area contributed by atoms with Crippen LogP contribution in [0.5, 0.6) is 0 Å². The fraction of sp³-hybridized carbons (Fsp3) is 0.357. The van der Waals surface area contributed by atoms with Crippen molar-refractivity contribution in [3.8, 4) is 0 Å². The highest BCUT2D eigenvalue weighted by molar-refractivity contribution is 5.46. The van der Waals surface area contributed by atoms with Gasteiger partial charge in [-0.15, -0.1) is 0 Å². The Bertz CT molecular complexity index is 459. The molecule has 18 heavy (non-hydrogen) atoms. The Morgan fingerprint density at radius 1 is 1.28 bits per heavy atom. The zero-order valence-corrected chi connectivity index (χ0v) is 11.1. The third kappa shape index (κ3) is 3.11. The highest BCUT2D eigenvalue weighted by Crippen LogP contribution is 2.17. The second-order valence-electron chi connectivity index (χ2n) is 4.62. The van der Waals surface area contributed by atoms with E-state index < -0.39 is 0 Å². The van der Waals surface area contributed by atoms with Gasteiger partial charge in [0.15, 0.2) is 0 Å². The molecular formula is C14H20N4. The molecule has 0 bridgehead atoms. The molecule has 2 N–H and O–H groups in total. The first-order valence-electron chi connectivity index (χ1n) is 6.16. The summed E-state index contributed by atoms with van der Waals surface area (Å²) in [5.74, 6) is 0.965. The topological polar surface area (TPSA) is 44.0 Å². The smallest absolute Gasteiger partial charge is 0.120 e. The van der Waals surface area contributed by atoms with E-state index in [9.17, 15) is 0 Å². The summed E-state index contributed by atoms with van der Waals surface area (Å²) in [6.07, 6.45) is 3.61. The quantitative estimate of drug-likeness (QED) is 0.848. The van der Waals surface area contributed by atoms with E-state index in [2.05, 4.69) is 51.4 Å². The maximum atomic E-state index is 4.19. The lowest BCUT2D eigenvalue weighted by atomic mass is 10.1. The molecule has 0 amide bonds. The van der Waals surface area contributed by atoms with Gasteiger partial charge in [0.05, 0.1) is 6.54 Å². The molecular weight excluding hydrogens is 224 g/mol. The Balaban J connectivity index is 1.94. The fourth-order valence-electron chi connectivity index (χ4n) is 1.82. The van der Waals surface area contributed by atoms with E-state index in [1.807, 2.05) is 20.3 Å². The van der Waals surface area contributed by atoms with Crippen molar-refractivity contribution in [1.29, 1.82) is 0 Å². The number of anilines is 1. The van der Waals surface area contributed by atoms with E-state index in [4.69, 9.17) is 0 Å². The Kier molecular flexibility index (Phi) is 3.99. The molecule has 96 valence electrons. The third-order valence-corrected chi connectivity index (χ3v) is 3.04. The second-order valence-corrected chi connectivity index (χ2v) is 4.62. The Labute approximate surface area is 108 Å². The highest BCUT2D eigenvalue weighted by Gasteiger charge is 2.05. The Hall–Kier alpha value is -1.81. The summed E-state index contributed by atoms with van der Waals surface area (Å²) in [5, 5.41) is 3.44. The molecule has 4 nitrogen and oxygen atoms in total. The van der Waals surface area contributed by atoms with E-state index in [1.165, 1.54) is 11.3 Å². The van der Waals surface area contributed by atoms with Crippen molar-refractivity contribution >= 4 is 5.69 Å². The van der Waals surface area contributed by atoms with E-state index in [-0.39, 0.29) is 0 Å². The first-order valence-corrected chi connectivity index (χ1v) is 6.16. The lowest BCUT2D eigenvalue weighted by molar-refractivity contribution is 0.562. The number of H-pyrrole nitrogens is 1. The number of rotatable bonds is 5. The van der Waals surface area contributed by atoms with Crippen LogP contribution in [0.1, 0.15) is 24.4 Å². The summed E-state index contributed by atoms with van der Waals surface area (Å²) in [4.78, 5) is 9.38. The van der Waals surface area contributed by atoms with Crippen LogP contribution in [0.15, 0.2) is 36.7 Å². The molecule has 0 saturated carbocycles. The number of imidazole rings is 1. The molecule has 0 fully saturated rings. The van der Waals surface area contributed by atoms with Gasteiger partial charge in [-0.1, -0.05) is 12.1 Å². The van der Waals surface area contributed by atoms with Gasteiger partial charge >= 0.3 is 0 Å². The van der Waals surface area contributed by atoms with Gasteiger partial charge in [0.25, 0.3) is 0 Å². The van der Waals surface area contributed by atoms with Crippen LogP contribution in [0.25, 0.3) is 0 Å². The predicted octanol–water partition coefficient (Wildman–Crippen LogP) is 2.33. The van der Waals surface area contributed by atoms with Gasteiger partial charge in [0, 0.05) is 38.2 Å². The van der Waals surface area contributed by atoms with Gasteiger partial charge in [-0.3, -0.25) is 0 Å². The molecule has 0 aliphatic heterocycles. The maximum Gasteiger partial charge on any atom is 0.120 e. The molecule has 1 heterocycles. The highest BCUT2D eigenvalue weighted by atomic mass is 15.1. The molecule has 2 rings (SSSR count). The average molecular weight is 244 g/mol. The van der Waals surface area contributed by atoms with Crippen molar-refractivity contribution in [1.82, 2.24) is 15.3 Å². The minimum Gasteiger partial charge on any atom is -0.378 e. The SMILES string of the molecule is CC(NCc1ncc[nH]1)c1ccc(N(C)C)cc1. The lowest BCUT2D eigenvalue weighted by Gasteiger charge is -2.16. The van der Waals surface area contributed by atoms with Crippen LogP contribution in [-0.2, 0) is 6.54 Å². The number of nitrogens with zero attached hydrogens (tertiary/aromatic N) is 2. The summed E-state index contributed by atoms with van der Waals surface area (Å²) < 4.78 is 0. The van der Waals surface area contributed by atoms with Crippen LogP contribution in [0.4, 0.5) is 5.69 Å². The van der Waals surface area contributed by atoms with Gasteiger partial charge in [0.1, 0.15) is 5.82 Å². The van der Waals surface area contributed by atoms with E-state index >= 15 is 0 Å². The summed E-state index contributed by atoms with van der Waals surface area (Å²) in [6, 6.07) is 8.91. The number of hydrogen-bond acceptors (Lipinski definition) is 3. The first-order chi connectivity index (χ1) is 8.66. The van der Waals surface area contributed by atoms with Crippen LogP contribution in [0.3, 0.4) is 0 Å². The van der Waals surface area contributed by atoms with Crippen molar-refractivity contribution in [2.75, 3.05) is 19.0 Å². The van der Waals surface area contributed by atoms with Gasteiger partial charge in [0.2, 0.25) is 0 Å². The lowest BCUT2D eigenvalue weighted by Crippen LogP contribution is -2.19. The van der Waals surface area contributed by atoms with Crippen molar-refractivity contribution in [2.24, 2.45) is 0 Å². The van der Waals surface area contributed by atoms with Gasteiger partial charge in [-0.25, -0.2) is 4.98 Å². The van der Waals surface area contributed by atoms with Crippen LogP contribution < -0.4 is 10.2 Å². The van der Waals surface area contributed by atoms with Crippen LogP contribution >= 0.6 is 0 Å².